The zero-order chi connectivity index (χ0) is 25.6. The minimum Gasteiger partial charge on any atom is -0.497 e. The molecule has 2 heterocycles. The van der Waals surface area contributed by atoms with Crippen LogP contribution >= 0.6 is 0 Å². The number of aromatic nitrogens is 1. The Morgan fingerprint density at radius 3 is 2.20 bits per heavy atom. The Morgan fingerprint density at radius 2 is 1.63 bits per heavy atom. The fraction of sp³-hybridized carbons (Fsp3) is 0.520. The van der Waals surface area contributed by atoms with Crippen LogP contribution in [0, 0.1) is 13.8 Å². The van der Waals surface area contributed by atoms with Gasteiger partial charge in [-0.3, -0.25) is 14.7 Å². The van der Waals surface area contributed by atoms with Gasteiger partial charge < -0.3 is 14.5 Å². The van der Waals surface area contributed by atoms with Crippen molar-refractivity contribution >= 4 is 21.6 Å². The summed E-state index contributed by atoms with van der Waals surface area (Å²) in [6.45, 7) is 8.80. The van der Waals surface area contributed by atoms with Gasteiger partial charge in [-0.05, 0) is 49.2 Å². The number of amides is 1. The van der Waals surface area contributed by atoms with Crippen LogP contribution in [-0.4, -0.2) is 100 Å². The van der Waals surface area contributed by atoms with Crippen molar-refractivity contribution < 1.29 is 17.9 Å². The standard InChI is InChI=1S/C25H37N5O4S/c1-20-18-23(34-5)19-21(2)25(20)35(32,33)28(4)11-8-24(31)27(3)12-13-29-14-16-30(17-15-29)22-6-9-26-10-7-22/h6-7,9-10,18-19H,8,11-17H2,1-5H3. The van der Waals surface area contributed by atoms with Gasteiger partial charge in [-0.25, -0.2) is 12.7 Å². The van der Waals surface area contributed by atoms with E-state index in [1.165, 1.54) is 17.0 Å². The number of aryl methyl sites for hydroxylation is 2. The van der Waals surface area contributed by atoms with Crippen molar-refractivity contribution in [3.05, 3.63) is 47.8 Å². The number of anilines is 1. The van der Waals surface area contributed by atoms with E-state index in [4.69, 9.17) is 4.74 Å². The van der Waals surface area contributed by atoms with Gasteiger partial charge in [-0.2, -0.15) is 0 Å². The number of ether oxygens (including phenoxy) is 1. The summed E-state index contributed by atoms with van der Waals surface area (Å²) >= 11 is 0. The Morgan fingerprint density at radius 1 is 1.03 bits per heavy atom. The number of carbonyl (C=O) groups excluding carboxylic acids is 1. The van der Waals surface area contributed by atoms with Crippen LogP contribution in [0.5, 0.6) is 5.75 Å². The van der Waals surface area contributed by atoms with E-state index in [-0.39, 0.29) is 23.8 Å². The monoisotopic (exact) mass is 503 g/mol. The highest BCUT2D eigenvalue weighted by molar-refractivity contribution is 7.89. The molecule has 35 heavy (non-hydrogen) atoms. The lowest BCUT2D eigenvalue weighted by molar-refractivity contribution is -0.130. The maximum atomic E-state index is 13.2. The highest BCUT2D eigenvalue weighted by Gasteiger charge is 2.26. The van der Waals surface area contributed by atoms with Crippen molar-refractivity contribution in [1.29, 1.82) is 0 Å². The summed E-state index contributed by atoms with van der Waals surface area (Å²) in [6.07, 6.45) is 3.75. The van der Waals surface area contributed by atoms with E-state index >= 15 is 0 Å². The van der Waals surface area contributed by atoms with Crippen molar-refractivity contribution in [2.45, 2.75) is 25.2 Å². The van der Waals surface area contributed by atoms with E-state index in [1.807, 2.05) is 24.5 Å². The first kappa shape index (κ1) is 26.9. The molecular formula is C25H37N5O4S. The lowest BCUT2D eigenvalue weighted by Gasteiger charge is -2.36. The molecule has 1 aromatic heterocycles. The van der Waals surface area contributed by atoms with Crippen LogP contribution in [0.1, 0.15) is 17.5 Å². The summed E-state index contributed by atoms with van der Waals surface area (Å²) in [5, 5.41) is 0. The van der Waals surface area contributed by atoms with E-state index in [0.717, 1.165) is 32.7 Å². The molecule has 3 rings (SSSR count). The highest BCUT2D eigenvalue weighted by atomic mass is 32.2. The average Bonchev–Trinajstić information content (AvgIpc) is 2.85. The van der Waals surface area contributed by atoms with Crippen LogP contribution in [-0.2, 0) is 14.8 Å². The SMILES string of the molecule is COc1cc(C)c(S(=O)(=O)N(C)CCC(=O)N(C)CCN2CCN(c3ccncc3)CC2)c(C)c1. The molecule has 0 saturated carbocycles. The van der Waals surface area contributed by atoms with Gasteiger partial charge in [-0.15, -0.1) is 0 Å². The van der Waals surface area contributed by atoms with Gasteiger partial charge >= 0.3 is 0 Å². The van der Waals surface area contributed by atoms with Gasteiger partial charge in [0.25, 0.3) is 0 Å². The largest absolute Gasteiger partial charge is 0.497 e. The van der Waals surface area contributed by atoms with E-state index < -0.39 is 10.0 Å². The lowest BCUT2D eigenvalue weighted by atomic mass is 10.1. The summed E-state index contributed by atoms with van der Waals surface area (Å²) in [7, 11) is 1.14. The Hall–Kier alpha value is -2.69. The van der Waals surface area contributed by atoms with Crippen molar-refractivity contribution in [2.75, 3.05) is 71.9 Å². The molecule has 0 aliphatic carbocycles. The maximum absolute atomic E-state index is 13.2. The predicted octanol–water partition coefficient (Wildman–Crippen LogP) is 2.00. The van der Waals surface area contributed by atoms with Crippen LogP contribution in [0.2, 0.25) is 0 Å². The number of pyridine rings is 1. The number of hydrogen-bond donors (Lipinski definition) is 0. The van der Waals surface area contributed by atoms with Crippen LogP contribution in [0.15, 0.2) is 41.6 Å². The normalized spacial score (nSPS) is 14.9. The molecule has 0 unspecified atom stereocenters. The average molecular weight is 504 g/mol. The molecule has 0 radical (unpaired) electrons. The molecule has 1 aliphatic heterocycles. The zero-order valence-electron chi connectivity index (χ0n) is 21.4. The Bertz CT molecular complexity index is 1080. The summed E-state index contributed by atoms with van der Waals surface area (Å²) in [4.78, 5) is 23.4. The number of methoxy groups -OCH3 is 1. The van der Waals surface area contributed by atoms with E-state index in [9.17, 15) is 13.2 Å². The third kappa shape index (κ3) is 6.71. The van der Waals surface area contributed by atoms with Gasteiger partial charge in [-0.1, -0.05) is 0 Å². The first-order chi connectivity index (χ1) is 16.6. The molecule has 1 saturated heterocycles. The second-order valence-electron chi connectivity index (χ2n) is 9.02. The Kier molecular flexibility index (Phi) is 9.09. The minimum atomic E-state index is -3.71. The molecule has 0 N–H and O–H groups in total. The molecule has 1 amide bonds. The maximum Gasteiger partial charge on any atom is 0.243 e. The fourth-order valence-corrected chi connectivity index (χ4v) is 5.93. The fourth-order valence-electron chi connectivity index (χ4n) is 4.36. The zero-order valence-corrected chi connectivity index (χ0v) is 22.2. The predicted molar refractivity (Wildman–Crippen MR) is 137 cm³/mol. The van der Waals surface area contributed by atoms with Crippen LogP contribution in [0.3, 0.4) is 0 Å². The summed E-state index contributed by atoms with van der Waals surface area (Å²) in [6, 6.07) is 7.47. The molecule has 10 heteroatoms. The van der Waals surface area contributed by atoms with Gasteiger partial charge in [0.2, 0.25) is 15.9 Å². The van der Waals surface area contributed by atoms with E-state index in [2.05, 4.69) is 14.8 Å². The Labute approximate surface area is 209 Å². The summed E-state index contributed by atoms with van der Waals surface area (Å²) < 4.78 is 32.8. The summed E-state index contributed by atoms with van der Waals surface area (Å²) in [5.74, 6) is 0.558. The molecule has 0 spiro atoms. The number of nitrogens with zero attached hydrogens (tertiary/aromatic N) is 5. The second-order valence-corrected chi connectivity index (χ2v) is 11.0. The second kappa shape index (κ2) is 11.8. The number of carbonyl (C=O) groups is 1. The molecular weight excluding hydrogens is 466 g/mol. The van der Waals surface area contributed by atoms with Gasteiger partial charge in [0.05, 0.1) is 12.0 Å². The third-order valence-corrected chi connectivity index (χ3v) is 8.72. The lowest BCUT2D eigenvalue weighted by Crippen LogP contribution is -2.48. The molecule has 9 nitrogen and oxygen atoms in total. The van der Waals surface area contributed by atoms with Crippen LogP contribution in [0.25, 0.3) is 0 Å². The van der Waals surface area contributed by atoms with Crippen molar-refractivity contribution in [1.82, 2.24) is 19.1 Å². The molecule has 0 atom stereocenters. The van der Waals surface area contributed by atoms with E-state index in [1.54, 1.807) is 45.0 Å². The topological polar surface area (TPSA) is 86.3 Å². The van der Waals surface area contributed by atoms with Gasteiger partial charge in [0.1, 0.15) is 5.75 Å². The van der Waals surface area contributed by atoms with Gasteiger partial charge in [0, 0.05) is 84.4 Å². The number of benzene rings is 1. The highest BCUT2D eigenvalue weighted by Crippen LogP contribution is 2.27. The third-order valence-electron chi connectivity index (χ3n) is 6.56. The van der Waals surface area contributed by atoms with Crippen LogP contribution < -0.4 is 9.64 Å². The van der Waals surface area contributed by atoms with Crippen LogP contribution in [0.4, 0.5) is 5.69 Å². The molecule has 192 valence electrons. The molecule has 2 aromatic rings. The van der Waals surface area contributed by atoms with Crippen molar-refractivity contribution in [2.24, 2.45) is 0 Å². The minimum absolute atomic E-state index is 0.0642. The first-order valence-corrected chi connectivity index (χ1v) is 13.3. The quantitative estimate of drug-likeness (QED) is 0.490. The molecule has 0 bridgehead atoms. The number of hydrogen-bond acceptors (Lipinski definition) is 7. The van der Waals surface area contributed by atoms with Gasteiger partial charge in [0.15, 0.2) is 0 Å². The number of sulfonamides is 1. The van der Waals surface area contributed by atoms with Crippen molar-refractivity contribution in [3.8, 4) is 5.75 Å². The number of piperazine rings is 1. The van der Waals surface area contributed by atoms with Crippen molar-refractivity contribution in [3.63, 3.8) is 0 Å². The Balaban J connectivity index is 1.46. The molecule has 1 aromatic carbocycles. The molecule has 1 aliphatic rings. The number of rotatable bonds is 10. The number of likely N-dealkylation sites (N-methyl/N-ethyl adjacent to an activating group) is 1. The van der Waals surface area contributed by atoms with E-state index in [0.29, 0.717) is 23.4 Å². The smallest absolute Gasteiger partial charge is 0.243 e. The molecule has 1 fully saturated rings. The summed E-state index contributed by atoms with van der Waals surface area (Å²) in [5.41, 5.74) is 2.44. The first-order valence-electron chi connectivity index (χ1n) is 11.9.